The quantitative estimate of drug-likeness (QED) is 0.422. The molecule has 1 amide bonds. The second-order valence-electron chi connectivity index (χ2n) is 7.09. The molecule has 3 aromatic carbocycles. The van der Waals surface area contributed by atoms with E-state index in [1.165, 1.54) is 36.4 Å². The summed E-state index contributed by atoms with van der Waals surface area (Å²) in [5.41, 5.74) is 2.22. The monoisotopic (exact) mass is 464 g/mol. The van der Waals surface area contributed by atoms with Crippen LogP contribution in [0, 0.1) is 6.92 Å². The lowest BCUT2D eigenvalue weighted by Crippen LogP contribution is -2.14. The minimum atomic E-state index is -3.73. The van der Waals surface area contributed by atoms with Crippen LogP contribution in [0.15, 0.2) is 82.1 Å². The Hall–Kier alpha value is -4.18. The number of anilines is 2. The summed E-state index contributed by atoms with van der Waals surface area (Å²) in [6.07, 6.45) is 0. The van der Waals surface area contributed by atoms with Gasteiger partial charge in [-0.3, -0.25) is 14.8 Å². The van der Waals surface area contributed by atoms with E-state index < -0.39 is 15.9 Å². The van der Waals surface area contributed by atoms with Crippen LogP contribution in [0.1, 0.15) is 15.9 Å². The number of nitrogens with one attached hydrogen (secondary N) is 2. The standard InChI is InChI=1S/C23H20N4O5S/c1-15-6-12-20(13-7-15)33(29,30)27-18-10-8-16(9-11-18)21(28)24-23-26-25-22(32-23)17-4-3-5-19(14-17)31-2/h3-14,27H,1-2H3,(H,24,26,28). The van der Waals surface area contributed by atoms with Crippen LogP contribution in [-0.4, -0.2) is 31.6 Å². The molecule has 0 aliphatic rings. The lowest BCUT2D eigenvalue weighted by Gasteiger charge is -2.09. The number of carbonyl (C=O) groups excluding carboxylic acids is 1. The molecule has 0 saturated heterocycles. The van der Waals surface area contributed by atoms with Crippen LogP contribution in [0.4, 0.5) is 11.7 Å². The Morgan fingerprint density at radius 2 is 1.70 bits per heavy atom. The summed E-state index contributed by atoms with van der Waals surface area (Å²) in [5, 5.41) is 10.3. The number of aromatic nitrogens is 2. The van der Waals surface area contributed by atoms with E-state index in [0.717, 1.165) is 5.56 Å². The number of methoxy groups -OCH3 is 1. The Balaban J connectivity index is 1.42. The number of benzene rings is 3. The molecule has 0 radical (unpaired) electrons. The first-order chi connectivity index (χ1) is 15.8. The van der Waals surface area contributed by atoms with Gasteiger partial charge in [-0.2, -0.15) is 0 Å². The van der Waals surface area contributed by atoms with Gasteiger partial charge in [0.15, 0.2) is 0 Å². The average molecular weight is 465 g/mol. The Bertz CT molecular complexity index is 1380. The molecule has 0 bridgehead atoms. The molecule has 0 saturated carbocycles. The number of carbonyl (C=O) groups is 1. The van der Waals surface area contributed by atoms with Crippen molar-refractivity contribution >= 4 is 27.6 Å². The zero-order valence-corrected chi connectivity index (χ0v) is 18.6. The zero-order valence-electron chi connectivity index (χ0n) is 17.8. The van der Waals surface area contributed by atoms with E-state index >= 15 is 0 Å². The Morgan fingerprint density at radius 1 is 0.970 bits per heavy atom. The van der Waals surface area contributed by atoms with Gasteiger partial charge in [0.1, 0.15) is 5.75 Å². The van der Waals surface area contributed by atoms with Crippen LogP contribution in [0.3, 0.4) is 0 Å². The first-order valence-electron chi connectivity index (χ1n) is 9.83. The maximum absolute atomic E-state index is 12.5. The molecule has 0 aliphatic carbocycles. The van der Waals surface area contributed by atoms with Crippen LogP contribution < -0.4 is 14.8 Å². The highest BCUT2D eigenvalue weighted by atomic mass is 32.2. The predicted octanol–water partition coefficient (Wildman–Crippen LogP) is 4.11. The summed E-state index contributed by atoms with van der Waals surface area (Å²) in [7, 11) is -2.18. The van der Waals surface area contributed by atoms with Gasteiger partial charge >= 0.3 is 6.01 Å². The number of rotatable bonds is 7. The molecule has 0 unspecified atom stereocenters. The first-order valence-corrected chi connectivity index (χ1v) is 11.3. The number of hydrogen-bond acceptors (Lipinski definition) is 7. The number of sulfonamides is 1. The molecule has 2 N–H and O–H groups in total. The molecular weight excluding hydrogens is 444 g/mol. The van der Waals surface area contributed by atoms with Crippen molar-refractivity contribution in [2.24, 2.45) is 0 Å². The van der Waals surface area contributed by atoms with E-state index in [9.17, 15) is 13.2 Å². The van der Waals surface area contributed by atoms with Gasteiger partial charge < -0.3 is 9.15 Å². The van der Waals surface area contributed by atoms with Crippen molar-refractivity contribution < 1.29 is 22.4 Å². The van der Waals surface area contributed by atoms with Gasteiger partial charge in [0.2, 0.25) is 5.89 Å². The van der Waals surface area contributed by atoms with Gasteiger partial charge in [-0.15, -0.1) is 5.10 Å². The predicted molar refractivity (Wildman–Crippen MR) is 123 cm³/mol. The third-order valence-corrected chi connectivity index (χ3v) is 6.09. The van der Waals surface area contributed by atoms with Crippen molar-refractivity contribution in [2.75, 3.05) is 17.1 Å². The fraction of sp³-hybridized carbons (Fsp3) is 0.0870. The number of ether oxygens (including phenoxy) is 1. The van der Waals surface area contributed by atoms with E-state index in [-0.39, 0.29) is 22.4 Å². The largest absolute Gasteiger partial charge is 0.497 e. The Morgan fingerprint density at radius 3 is 2.39 bits per heavy atom. The normalized spacial score (nSPS) is 11.1. The first kappa shape index (κ1) is 22.0. The molecule has 4 rings (SSSR count). The smallest absolute Gasteiger partial charge is 0.322 e. The number of nitrogens with zero attached hydrogens (tertiary/aromatic N) is 2. The molecule has 0 atom stereocenters. The summed E-state index contributed by atoms with van der Waals surface area (Å²) in [5.74, 6) is 0.378. The van der Waals surface area contributed by atoms with Gasteiger partial charge in [-0.25, -0.2) is 8.42 Å². The molecule has 4 aromatic rings. The summed E-state index contributed by atoms with van der Waals surface area (Å²) in [4.78, 5) is 12.7. The fourth-order valence-electron chi connectivity index (χ4n) is 2.94. The van der Waals surface area contributed by atoms with Crippen LogP contribution in [0.25, 0.3) is 11.5 Å². The highest BCUT2D eigenvalue weighted by Gasteiger charge is 2.16. The van der Waals surface area contributed by atoms with E-state index in [2.05, 4.69) is 20.2 Å². The lowest BCUT2D eigenvalue weighted by molar-refractivity contribution is 0.102. The van der Waals surface area contributed by atoms with E-state index in [1.807, 2.05) is 6.92 Å². The lowest BCUT2D eigenvalue weighted by atomic mass is 10.2. The molecule has 0 spiro atoms. The van der Waals surface area contributed by atoms with Gasteiger partial charge in [-0.05, 0) is 61.5 Å². The molecule has 33 heavy (non-hydrogen) atoms. The fourth-order valence-corrected chi connectivity index (χ4v) is 4.00. The molecule has 10 heteroatoms. The molecule has 1 heterocycles. The van der Waals surface area contributed by atoms with Crippen molar-refractivity contribution in [2.45, 2.75) is 11.8 Å². The molecule has 0 aliphatic heterocycles. The highest BCUT2D eigenvalue weighted by Crippen LogP contribution is 2.24. The molecular formula is C23H20N4O5S. The van der Waals surface area contributed by atoms with Crippen molar-refractivity contribution in [3.05, 3.63) is 83.9 Å². The molecule has 9 nitrogen and oxygen atoms in total. The van der Waals surface area contributed by atoms with E-state index in [0.29, 0.717) is 17.0 Å². The van der Waals surface area contributed by atoms with Gasteiger partial charge in [0.25, 0.3) is 15.9 Å². The SMILES string of the molecule is COc1cccc(-c2nnc(NC(=O)c3ccc(NS(=O)(=O)c4ccc(C)cc4)cc3)o2)c1. The number of aryl methyl sites for hydroxylation is 1. The highest BCUT2D eigenvalue weighted by molar-refractivity contribution is 7.92. The minimum Gasteiger partial charge on any atom is -0.497 e. The van der Waals surface area contributed by atoms with Crippen LogP contribution in [0.2, 0.25) is 0 Å². The van der Waals surface area contributed by atoms with Crippen molar-refractivity contribution in [3.63, 3.8) is 0 Å². The summed E-state index contributed by atoms with van der Waals surface area (Å²) >= 11 is 0. The second kappa shape index (κ2) is 9.13. The Kier molecular flexibility index (Phi) is 6.09. The summed E-state index contributed by atoms with van der Waals surface area (Å²) in [6.45, 7) is 1.88. The van der Waals surface area contributed by atoms with Crippen LogP contribution in [0.5, 0.6) is 5.75 Å². The second-order valence-corrected chi connectivity index (χ2v) is 8.78. The average Bonchev–Trinajstić information content (AvgIpc) is 3.28. The topological polar surface area (TPSA) is 123 Å². The Labute approximate surface area is 190 Å². The van der Waals surface area contributed by atoms with Crippen LogP contribution >= 0.6 is 0 Å². The van der Waals surface area contributed by atoms with Crippen molar-refractivity contribution in [1.29, 1.82) is 0 Å². The third-order valence-electron chi connectivity index (χ3n) is 4.69. The van der Waals surface area contributed by atoms with E-state index in [1.54, 1.807) is 43.5 Å². The molecule has 1 aromatic heterocycles. The van der Waals surface area contributed by atoms with Gasteiger partial charge in [0, 0.05) is 16.8 Å². The van der Waals surface area contributed by atoms with Gasteiger partial charge in [-0.1, -0.05) is 28.9 Å². The maximum Gasteiger partial charge on any atom is 0.322 e. The van der Waals surface area contributed by atoms with Crippen LogP contribution in [-0.2, 0) is 10.0 Å². The van der Waals surface area contributed by atoms with Gasteiger partial charge in [0.05, 0.1) is 12.0 Å². The number of amides is 1. The molecule has 168 valence electrons. The summed E-state index contributed by atoms with van der Waals surface area (Å²) < 4.78 is 38.2. The maximum atomic E-state index is 12.5. The van der Waals surface area contributed by atoms with Crippen molar-refractivity contribution in [3.8, 4) is 17.2 Å². The van der Waals surface area contributed by atoms with E-state index in [4.69, 9.17) is 9.15 Å². The minimum absolute atomic E-state index is 0.0676. The third kappa shape index (κ3) is 5.18. The number of hydrogen-bond donors (Lipinski definition) is 2. The summed E-state index contributed by atoms with van der Waals surface area (Å²) in [6, 6.07) is 19.5. The van der Waals surface area contributed by atoms with Crippen molar-refractivity contribution in [1.82, 2.24) is 10.2 Å². The zero-order chi connectivity index (χ0) is 23.4. The molecule has 0 fully saturated rings.